The summed E-state index contributed by atoms with van der Waals surface area (Å²) in [4.78, 5) is 18.9. The highest BCUT2D eigenvalue weighted by molar-refractivity contribution is 6.28. The maximum absolute atomic E-state index is 13.8. The summed E-state index contributed by atoms with van der Waals surface area (Å²) in [6.07, 6.45) is 2.18. The van der Waals surface area contributed by atoms with E-state index < -0.39 is 17.7 Å². The Labute approximate surface area is 153 Å². The zero-order valence-electron chi connectivity index (χ0n) is 13.8. The fraction of sp³-hybridized carbons (Fsp3) is 0.176. The minimum atomic E-state index is -0.818. The number of benzene rings is 1. The molecule has 0 fully saturated rings. The molecule has 0 bridgehead atoms. The van der Waals surface area contributed by atoms with Crippen LogP contribution in [0.4, 0.5) is 4.39 Å². The smallest absolute Gasteiger partial charge is 0.348 e. The average Bonchev–Trinajstić information content (AvgIpc) is 2.63. The van der Waals surface area contributed by atoms with Gasteiger partial charge in [0.15, 0.2) is 11.5 Å². The predicted molar refractivity (Wildman–Crippen MR) is 90.3 cm³/mol. The van der Waals surface area contributed by atoms with Crippen LogP contribution in [-0.4, -0.2) is 29.7 Å². The molecule has 0 atom stereocenters. The molecule has 0 N–H and O–H groups in total. The number of carbonyl (C=O) groups is 1. The number of rotatable bonds is 6. The van der Waals surface area contributed by atoms with Gasteiger partial charge in [-0.1, -0.05) is 6.07 Å². The first-order valence-electron chi connectivity index (χ1n) is 7.31. The molecule has 0 unspecified atom stereocenters. The molecule has 2 aromatic rings. The van der Waals surface area contributed by atoms with Crippen molar-refractivity contribution in [2.45, 2.75) is 6.92 Å². The first-order valence-corrected chi connectivity index (χ1v) is 7.69. The number of ether oxygens (including phenoxy) is 3. The molecule has 0 saturated heterocycles. The van der Waals surface area contributed by atoms with E-state index in [1.807, 2.05) is 0 Å². The van der Waals surface area contributed by atoms with Crippen LogP contribution in [0.2, 0.25) is 5.28 Å². The summed E-state index contributed by atoms with van der Waals surface area (Å²) in [5.41, 5.74) is 0.241. The fourth-order valence-electron chi connectivity index (χ4n) is 1.88. The zero-order chi connectivity index (χ0) is 19.1. The third kappa shape index (κ3) is 4.68. The van der Waals surface area contributed by atoms with Crippen LogP contribution in [0.5, 0.6) is 17.4 Å². The standard InChI is InChI=1S/C17H13ClFN3O4/c1-3-25-16(23)11(8-20)6-10-4-5-13(24-2)14(7-10)26-15-12(19)9-21-17(18)22-15/h4-7,9H,3H2,1-2H3/b11-6+. The summed E-state index contributed by atoms with van der Waals surface area (Å²) in [5.74, 6) is -1.57. The van der Waals surface area contributed by atoms with E-state index in [0.29, 0.717) is 5.56 Å². The van der Waals surface area contributed by atoms with Crippen LogP contribution in [0.3, 0.4) is 0 Å². The largest absolute Gasteiger partial charge is 0.493 e. The molecule has 2 rings (SSSR count). The summed E-state index contributed by atoms with van der Waals surface area (Å²) < 4.78 is 29.2. The Hall–Kier alpha value is -3.18. The molecular formula is C17H13ClFN3O4. The van der Waals surface area contributed by atoms with Crippen molar-refractivity contribution < 1.29 is 23.4 Å². The summed E-state index contributed by atoms with van der Waals surface area (Å²) in [6, 6.07) is 6.33. The molecule has 0 radical (unpaired) electrons. The van der Waals surface area contributed by atoms with Gasteiger partial charge < -0.3 is 14.2 Å². The number of carbonyl (C=O) groups excluding carboxylic acids is 1. The Morgan fingerprint density at radius 3 is 2.85 bits per heavy atom. The molecule has 0 saturated carbocycles. The van der Waals surface area contributed by atoms with Crippen LogP contribution in [0.1, 0.15) is 12.5 Å². The number of nitriles is 1. The van der Waals surface area contributed by atoms with Crippen molar-refractivity contribution in [2.24, 2.45) is 0 Å². The van der Waals surface area contributed by atoms with Crippen LogP contribution >= 0.6 is 11.6 Å². The van der Waals surface area contributed by atoms with Crippen molar-refractivity contribution in [2.75, 3.05) is 13.7 Å². The van der Waals surface area contributed by atoms with Gasteiger partial charge in [-0.3, -0.25) is 0 Å². The third-order valence-corrected chi connectivity index (χ3v) is 3.19. The van der Waals surface area contributed by atoms with Gasteiger partial charge in [0.25, 0.3) is 5.88 Å². The summed E-state index contributed by atoms with van der Waals surface area (Å²) in [5, 5.41) is 8.91. The SMILES string of the molecule is CCOC(=O)/C(C#N)=C/c1ccc(OC)c(Oc2nc(Cl)ncc2F)c1. The number of hydrogen-bond acceptors (Lipinski definition) is 7. The van der Waals surface area contributed by atoms with Gasteiger partial charge in [0.05, 0.1) is 19.9 Å². The maximum atomic E-state index is 13.8. The lowest BCUT2D eigenvalue weighted by Crippen LogP contribution is -2.06. The molecule has 0 aliphatic carbocycles. The second-order valence-corrected chi connectivity index (χ2v) is 5.03. The number of aromatic nitrogens is 2. The predicted octanol–water partition coefficient (Wildman–Crippen LogP) is 3.54. The Morgan fingerprint density at radius 2 is 2.19 bits per heavy atom. The van der Waals surface area contributed by atoms with E-state index in [-0.39, 0.29) is 29.0 Å². The molecule has 1 aromatic carbocycles. The molecule has 1 heterocycles. The molecule has 9 heteroatoms. The van der Waals surface area contributed by atoms with Crippen LogP contribution < -0.4 is 9.47 Å². The Balaban J connectivity index is 2.41. The molecule has 0 spiro atoms. The van der Waals surface area contributed by atoms with E-state index in [0.717, 1.165) is 6.20 Å². The lowest BCUT2D eigenvalue weighted by Gasteiger charge is -2.11. The van der Waals surface area contributed by atoms with Crippen LogP contribution in [0.25, 0.3) is 6.08 Å². The van der Waals surface area contributed by atoms with Crippen molar-refractivity contribution >= 4 is 23.6 Å². The maximum Gasteiger partial charge on any atom is 0.348 e. The van der Waals surface area contributed by atoms with E-state index in [9.17, 15) is 9.18 Å². The zero-order valence-corrected chi connectivity index (χ0v) is 14.6. The van der Waals surface area contributed by atoms with Crippen LogP contribution in [0.15, 0.2) is 30.0 Å². The fourth-order valence-corrected chi connectivity index (χ4v) is 2.01. The Bertz CT molecular complexity index is 896. The van der Waals surface area contributed by atoms with Gasteiger partial charge in [-0.2, -0.15) is 14.6 Å². The lowest BCUT2D eigenvalue weighted by atomic mass is 10.1. The van der Waals surface area contributed by atoms with Crippen molar-refractivity contribution in [3.63, 3.8) is 0 Å². The Kier molecular flexibility index (Phi) is 6.47. The number of methoxy groups -OCH3 is 1. The van der Waals surface area contributed by atoms with Gasteiger partial charge in [-0.25, -0.2) is 9.78 Å². The van der Waals surface area contributed by atoms with Gasteiger partial charge in [0.2, 0.25) is 11.1 Å². The highest BCUT2D eigenvalue weighted by Crippen LogP contribution is 2.33. The van der Waals surface area contributed by atoms with Gasteiger partial charge >= 0.3 is 5.97 Å². The van der Waals surface area contributed by atoms with E-state index >= 15 is 0 Å². The van der Waals surface area contributed by atoms with Crippen molar-refractivity contribution in [1.29, 1.82) is 5.26 Å². The molecule has 0 amide bonds. The Morgan fingerprint density at radius 1 is 1.42 bits per heavy atom. The van der Waals surface area contributed by atoms with Crippen molar-refractivity contribution in [1.82, 2.24) is 9.97 Å². The molecule has 1 aromatic heterocycles. The van der Waals surface area contributed by atoms with E-state index in [1.165, 1.54) is 25.3 Å². The average molecular weight is 378 g/mol. The van der Waals surface area contributed by atoms with Gasteiger partial charge in [-0.05, 0) is 42.3 Å². The van der Waals surface area contributed by atoms with Gasteiger partial charge in [0, 0.05) is 0 Å². The summed E-state index contributed by atoms with van der Waals surface area (Å²) in [6.45, 7) is 1.77. The molecule has 0 aliphatic heterocycles. The molecule has 26 heavy (non-hydrogen) atoms. The minimum absolute atomic E-state index is 0.107. The van der Waals surface area contributed by atoms with E-state index in [1.54, 1.807) is 19.1 Å². The van der Waals surface area contributed by atoms with E-state index in [2.05, 4.69) is 9.97 Å². The number of nitrogens with zero attached hydrogens (tertiary/aromatic N) is 3. The number of hydrogen-bond donors (Lipinski definition) is 0. The topological polar surface area (TPSA) is 94.3 Å². The monoisotopic (exact) mass is 377 g/mol. The van der Waals surface area contributed by atoms with Gasteiger partial charge in [-0.15, -0.1) is 0 Å². The minimum Gasteiger partial charge on any atom is -0.493 e. The van der Waals surface area contributed by atoms with Crippen molar-refractivity contribution in [3.8, 4) is 23.4 Å². The first kappa shape index (κ1) is 19.1. The summed E-state index contributed by atoms with van der Waals surface area (Å²) >= 11 is 5.64. The van der Waals surface area contributed by atoms with Crippen LogP contribution in [-0.2, 0) is 9.53 Å². The van der Waals surface area contributed by atoms with E-state index in [4.69, 9.17) is 31.1 Å². The highest BCUT2D eigenvalue weighted by Gasteiger charge is 2.14. The van der Waals surface area contributed by atoms with Gasteiger partial charge in [0.1, 0.15) is 11.6 Å². The quantitative estimate of drug-likeness (QED) is 0.329. The lowest BCUT2D eigenvalue weighted by molar-refractivity contribution is -0.137. The second-order valence-electron chi connectivity index (χ2n) is 4.69. The van der Waals surface area contributed by atoms with Crippen molar-refractivity contribution in [3.05, 3.63) is 46.6 Å². The molecule has 7 nitrogen and oxygen atoms in total. The highest BCUT2D eigenvalue weighted by atomic mass is 35.5. The molecule has 134 valence electrons. The summed E-state index contributed by atoms with van der Waals surface area (Å²) in [7, 11) is 1.40. The molecule has 0 aliphatic rings. The molecular weight excluding hydrogens is 365 g/mol. The van der Waals surface area contributed by atoms with Crippen LogP contribution in [0, 0.1) is 17.1 Å². The first-order chi connectivity index (χ1) is 12.5. The normalized spacial score (nSPS) is 10.8. The third-order valence-electron chi connectivity index (χ3n) is 3.00. The number of halogens is 2. The number of esters is 1. The second kappa shape index (κ2) is 8.78.